The molecule has 0 radical (unpaired) electrons. The average Bonchev–Trinajstić information content (AvgIpc) is 3.05. The zero-order chi connectivity index (χ0) is 29.1. The van der Waals surface area contributed by atoms with Gasteiger partial charge in [0.2, 0.25) is 5.91 Å². The van der Waals surface area contributed by atoms with Gasteiger partial charge in [-0.15, -0.1) is 0 Å². The lowest BCUT2D eigenvalue weighted by Crippen LogP contribution is -2.49. The van der Waals surface area contributed by atoms with Gasteiger partial charge in [-0.2, -0.15) is 0 Å². The highest BCUT2D eigenvalue weighted by atomic mass is 16.5. The molecule has 2 N–H and O–H groups in total. The normalized spacial score (nSPS) is 22.7. The summed E-state index contributed by atoms with van der Waals surface area (Å²) < 4.78 is 5.48. The number of amides is 2. The number of carboxylic acid groups (broad SMARTS) is 1. The van der Waals surface area contributed by atoms with Gasteiger partial charge in [0.05, 0.1) is 24.7 Å². The molecule has 2 aliphatic heterocycles. The lowest BCUT2D eigenvalue weighted by Gasteiger charge is -2.41. The first-order valence-corrected chi connectivity index (χ1v) is 14.9. The Morgan fingerprint density at radius 3 is 2.21 bits per heavy atom. The number of para-hydroxylation sites is 1. The number of carboxylic acids is 1. The molecule has 3 aliphatic rings. The maximum atomic E-state index is 13.9. The van der Waals surface area contributed by atoms with Crippen LogP contribution >= 0.6 is 0 Å². The molecule has 0 saturated carbocycles. The number of benzene rings is 3. The predicted molar refractivity (Wildman–Crippen MR) is 160 cm³/mol. The number of carbonyl (C=O) groups is 3. The van der Waals surface area contributed by atoms with Crippen LogP contribution in [0.3, 0.4) is 0 Å². The minimum absolute atomic E-state index is 0.0179. The molecule has 2 fully saturated rings. The minimum atomic E-state index is -1.18. The Balaban J connectivity index is 1.14. The lowest BCUT2D eigenvalue weighted by atomic mass is 9.63. The van der Waals surface area contributed by atoms with Crippen molar-refractivity contribution in [2.75, 3.05) is 44.3 Å². The van der Waals surface area contributed by atoms with Crippen LogP contribution in [0, 0.1) is 0 Å². The highest BCUT2D eigenvalue weighted by molar-refractivity contribution is 6.00. The first-order chi connectivity index (χ1) is 20.5. The predicted octanol–water partition coefficient (Wildman–Crippen LogP) is 4.19. The van der Waals surface area contributed by atoms with E-state index >= 15 is 0 Å². The largest absolute Gasteiger partial charge is 0.480 e. The van der Waals surface area contributed by atoms with Gasteiger partial charge >= 0.3 is 5.97 Å². The van der Waals surface area contributed by atoms with Crippen LogP contribution in [0.1, 0.15) is 58.6 Å². The fourth-order valence-electron chi connectivity index (χ4n) is 6.94. The van der Waals surface area contributed by atoms with Crippen LogP contribution in [0.4, 0.5) is 5.69 Å². The van der Waals surface area contributed by atoms with Crippen molar-refractivity contribution in [1.82, 2.24) is 10.2 Å². The van der Waals surface area contributed by atoms with Gasteiger partial charge in [0.1, 0.15) is 5.41 Å². The van der Waals surface area contributed by atoms with Gasteiger partial charge < -0.3 is 25.0 Å². The van der Waals surface area contributed by atoms with E-state index in [1.54, 1.807) is 0 Å². The third-order valence-electron chi connectivity index (χ3n) is 9.18. The number of anilines is 1. The molecule has 0 spiro atoms. The summed E-state index contributed by atoms with van der Waals surface area (Å²) in [7, 11) is 0. The first-order valence-electron chi connectivity index (χ1n) is 14.9. The topological polar surface area (TPSA) is 99.2 Å². The maximum Gasteiger partial charge on any atom is 0.318 e. The molecule has 0 aromatic heterocycles. The van der Waals surface area contributed by atoms with E-state index in [9.17, 15) is 19.5 Å². The van der Waals surface area contributed by atoms with Gasteiger partial charge in [-0.25, -0.2) is 0 Å². The summed E-state index contributed by atoms with van der Waals surface area (Å²) in [4.78, 5) is 44.1. The van der Waals surface area contributed by atoms with E-state index in [4.69, 9.17) is 4.74 Å². The zero-order valence-electron chi connectivity index (χ0n) is 23.7. The van der Waals surface area contributed by atoms with Gasteiger partial charge in [-0.1, -0.05) is 66.7 Å². The fraction of sp³-hybridized carbons (Fsp3) is 0.382. The highest BCUT2D eigenvalue weighted by Gasteiger charge is 2.49. The second-order valence-electron chi connectivity index (χ2n) is 11.4. The fourth-order valence-corrected chi connectivity index (χ4v) is 6.94. The molecule has 3 aromatic carbocycles. The third kappa shape index (κ3) is 5.15. The summed E-state index contributed by atoms with van der Waals surface area (Å²) in [5.41, 5.74) is 2.66. The molecule has 2 amide bonds. The standard InChI is InChI=1S/C34H37N3O5/c38-31(28-11-5-7-13-30(28)36-20-22-42-23-21-36)35-25-15-18-37(19-16-25)32(39)27-14-17-34(33(40)41,24-8-2-1-3-9-24)29-12-6-4-10-26(27)29/h1-13,25,27H,14-23H2,(H,35,38)(H,40,41). The van der Waals surface area contributed by atoms with E-state index in [-0.39, 0.29) is 23.8 Å². The van der Waals surface area contributed by atoms with Crippen molar-refractivity contribution < 1.29 is 24.2 Å². The Morgan fingerprint density at radius 2 is 1.48 bits per heavy atom. The zero-order valence-corrected chi connectivity index (χ0v) is 23.7. The number of likely N-dealkylation sites (tertiary alicyclic amines) is 1. The number of piperidine rings is 1. The number of fused-ring (bicyclic) bond motifs is 1. The second-order valence-corrected chi connectivity index (χ2v) is 11.4. The van der Waals surface area contributed by atoms with Gasteiger partial charge in [-0.3, -0.25) is 14.4 Å². The third-order valence-corrected chi connectivity index (χ3v) is 9.18. The molecule has 218 valence electrons. The molecule has 1 aliphatic carbocycles. The van der Waals surface area contributed by atoms with Gasteiger partial charge in [0.15, 0.2) is 0 Å². The van der Waals surface area contributed by atoms with Crippen LogP contribution in [-0.4, -0.2) is 73.2 Å². The Kier molecular flexibility index (Phi) is 7.98. The molecule has 2 heterocycles. The van der Waals surface area contributed by atoms with Crippen LogP contribution in [-0.2, 0) is 19.7 Å². The number of ether oxygens (including phenoxy) is 1. The van der Waals surface area contributed by atoms with Crippen LogP contribution in [0.5, 0.6) is 0 Å². The van der Waals surface area contributed by atoms with Crippen molar-refractivity contribution in [3.8, 4) is 0 Å². The lowest BCUT2D eigenvalue weighted by molar-refractivity contribution is -0.144. The second kappa shape index (κ2) is 12.0. The summed E-state index contributed by atoms with van der Waals surface area (Å²) in [6.45, 7) is 3.92. The van der Waals surface area contributed by atoms with Crippen LogP contribution < -0.4 is 10.2 Å². The molecule has 0 bridgehead atoms. The number of morpholine rings is 1. The number of rotatable bonds is 6. The molecule has 42 heavy (non-hydrogen) atoms. The smallest absolute Gasteiger partial charge is 0.318 e. The molecule has 8 nitrogen and oxygen atoms in total. The summed E-state index contributed by atoms with van der Waals surface area (Å²) in [6.07, 6.45) is 2.17. The summed E-state index contributed by atoms with van der Waals surface area (Å²) >= 11 is 0. The number of aliphatic carboxylic acids is 1. The van der Waals surface area contributed by atoms with Crippen LogP contribution in [0.15, 0.2) is 78.9 Å². The molecule has 8 heteroatoms. The van der Waals surface area contributed by atoms with Crippen LogP contribution in [0.25, 0.3) is 0 Å². The SMILES string of the molecule is O=C(NC1CCN(C(=O)C2CCC(C(=O)O)(c3ccccc3)c3ccccc32)CC1)c1ccccc1N1CCOCC1. The monoisotopic (exact) mass is 567 g/mol. The van der Waals surface area contributed by atoms with Gasteiger partial charge in [0, 0.05) is 37.9 Å². The van der Waals surface area contributed by atoms with E-state index in [1.807, 2.05) is 83.8 Å². The summed E-state index contributed by atoms with van der Waals surface area (Å²) in [6, 6.07) is 24.6. The van der Waals surface area contributed by atoms with E-state index in [0.29, 0.717) is 63.1 Å². The van der Waals surface area contributed by atoms with E-state index in [1.165, 1.54) is 0 Å². The van der Waals surface area contributed by atoms with E-state index in [0.717, 1.165) is 29.9 Å². The molecule has 2 saturated heterocycles. The quantitative estimate of drug-likeness (QED) is 0.464. The van der Waals surface area contributed by atoms with Crippen molar-refractivity contribution in [3.63, 3.8) is 0 Å². The molecular formula is C34H37N3O5. The molecule has 6 rings (SSSR count). The average molecular weight is 568 g/mol. The van der Waals surface area contributed by atoms with Gasteiger partial charge in [-0.05, 0) is 54.5 Å². The number of hydrogen-bond donors (Lipinski definition) is 2. The highest BCUT2D eigenvalue weighted by Crippen LogP contribution is 2.47. The van der Waals surface area contributed by atoms with Crippen molar-refractivity contribution in [2.24, 2.45) is 0 Å². The number of nitrogens with zero attached hydrogens (tertiary/aromatic N) is 2. The summed E-state index contributed by atoms with van der Waals surface area (Å²) in [5, 5.41) is 13.7. The number of hydrogen-bond acceptors (Lipinski definition) is 5. The first kappa shape index (κ1) is 28.0. The number of carbonyl (C=O) groups excluding carboxylic acids is 2. The Hall–Kier alpha value is -4.17. The molecule has 3 aromatic rings. The van der Waals surface area contributed by atoms with Crippen LogP contribution in [0.2, 0.25) is 0 Å². The Bertz CT molecular complexity index is 1450. The maximum absolute atomic E-state index is 13.9. The van der Waals surface area contributed by atoms with Crippen molar-refractivity contribution in [3.05, 3.63) is 101 Å². The Labute approximate surface area is 246 Å². The number of nitrogens with one attached hydrogen (secondary N) is 1. The molecule has 2 atom stereocenters. The Morgan fingerprint density at radius 1 is 0.810 bits per heavy atom. The van der Waals surface area contributed by atoms with Crippen molar-refractivity contribution >= 4 is 23.5 Å². The summed E-state index contributed by atoms with van der Waals surface area (Å²) in [5.74, 6) is -1.33. The van der Waals surface area contributed by atoms with Crippen molar-refractivity contribution in [2.45, 2.75) is 43.1 Å². The van der Waals surface area contributed by atoms with Gasteiger partial charge in [0.25, 0.3) is 5.91 Å². The van der Waals surface area contributed by atoms with E-state index < -0.39 is 11.4 Å². The molecular weight excluding hydrogens is 530 g/mol. The molecule has 2 unspecified atom stereocenters. The minimum Gasteiger partial charge on any atom is -0.480 e. The van der Waals surface area contributed by atoms with Crippen molar-refractivity contribution in [1.29, 1.82) is 0 Å². The van der Waals surface area contributed by atoms with E-state index in [2.05, 4.69) is 10.2 Å².